The molecule has 0 spiro atoms. The molecule has 17 heavy (non-hydrogen) atoms. The SMILES string of the molecule is COC1CCCCC1(CN)N(C)CCCSC. The van der Waals surface area contributed by atoms with Gasteiger partial charge in [-0.2, -0.15) is 11.8 Å². The van der Waals surface area contributed by atoms with Gasteiger partial charge in [0.25, 0.3) is 0 Å². The summed E-state index contributed by atoms with van der Waals surface area (Å²) in [6.07, 6.45) is 8.59. The highest BCUT2D eigenvalue weighted by Crippen LogP contribution is 2.34. The van der Waals surface area contributed by atoms with Gasteiger partial charge in [-0.1, -0.05) is 12.8 Å². The van der Waals surface area contributed by atoms with Crippen LogP contribution in [0, 0.1) is 0 Å². The Morgan fingerprint density at radius 2 is 2.24 bits per heavy atom. The van der Waals surface area contributed by atoms with E-state index in [9.17, 15) is 0 Å². The number of ether oxygens (including phenoxy) is 1. The van der Waals surface area contributed by atoms with Crippen LogP contribution in [0.3, 0.4) is 0 Å². The van der Waals surface area contributed by atoms with E-state index in [-0.39, 0.29) is 5.54 Å². The molecule has 1 aliphatic rings. The third kappa shape index (κ3) is 3.60. The van der Waals surface area contributed by atoms with Crippen molar-refractivity contribution in [2.24, 2.45) is 5.73 Å². The molecular formula is C13H28N2OS. The lowest BCUT2D eigenvalue weighted by molar-refractivity contribution is -0.0654. The van der Waals surface area contributed by atoms with E-state index in [1.165, 1.54) is 31.4 Å². The second-order valence-electron chi connectivity index (χ2n) is 5.05. The monoisotopic (exact) mass is 260 g/mol. The van der Waals surface area contributed by atoms with Crippen molar-refractivity contribution in [2.45, 2.75) is 43.7 Å². The summed E-state index contributed by atoms with van der Waals surface area (Å²) < 4.78 is 5.70. The van der Waals surface area contributed by atoms with E-state index in [2.05, 4.69) is 18.2 Å². The van der Waals surface area contributed by atoms with Crippen LogP contribution in [0.2, 0.25) is 0 Å². The standard InChI is InChI=1S/C13H28N2OS/c1-15(9-6-10-17-3)13(11-14)8-5-4-7-12(13)16-2/h12H,4-11,14H2,1-3H3. The Labute approximate surface area is 110 Å². The Morgan fingerprint density at radius 3 is 2.82 bits per heavy atom. The molecule has 0 bridgehead atoms. The fourth-order valence-electron chi connectivity index (χ4n) is 3.02. The average Bonchev–Trinajstić information content (AvgIpc) is 2.38. The molecule has 0 aromatic heterocycles. The van der Waals surface area contributed by atoms with E-state index in [0.29, 0.717) is 12.6 Å². The largest absolute Gasteiger partial charge is 0.379 e. The molecule has 0 aromatic carbocycles. The molecule has 102 valence electrons. The molecule has 4 heteroatoms. The molecule has 2 N–H and O–H groups in total. The van der Waals surface area contributed by atoms with Crippen LogP contribution in [0.5, 0.6) is 0 Å². The Hall–Kier alpha value is 0.230. The van der Waals surface area contributed by atoms with Gasteiger partial charge in [0.15, 0.2) is 0 Å². The predicted octanol–water partition coefficient (Wildman–Crippen LogP) is 1.96. The number of methoxy groups -OCH3 is 1. The Kier molecular flexibility index (Phi) is 6.85. The van der Waals surface area contributed by atoms with E-state index < -0.39 is 0 Å². The lowest BCUT2D eigenvalue weighted by Crippen LogP contribution is -2.62. The number of rotatable bonds is 7. The quantitative estimate of drug-likeness (QED) is 0.710. The highest BCUT2D eigenvalue weighted by atomic mass is 32.2. The van der Waals surface area contributed by atoms with Crippen LogP contribution in [-0.2, 0) is 4.74 Å². The summed E-state index contributed by atoms with van der Waals surface area (Å²) in [7, 11) is 4.04. The van der Waals surface area contributed by atoms with Crippen LogP contribution in [0.4, 0.5) is 0 Å². The van der Waals surface area contributed by atoms with Crippen LogP contribution in [-0.4, -0.2) is 55.8 Å². The topological polar surface area (TPSA) is 38.5 Å². The fraction of sp³-hybridized carbons (Fsp3) is 1.00. The van der Waals surface area contributed by atoms with Gasteiger partial charge in [0.1, 0.15) is 0 Å². The van der Waals surface area contributed by atoms with Crippen LogP contribution in [0.15, 0.2) is 0 Å². The third-order valence-corrected chi connectivity index (χ3v) is 4.86. The van der Waals surface area contributed by atoms with Crippen molar-refractivity contribution in [3.63, 3.8) is 0 Å². The zero-order valence-electron chi connectivity index (χ0n) is 11.6. The van der Waals surface area contributed by atoms with Crippen molar-refractivity contribution in [3.05, 3.63) is 0 Å². The molecule has 0 aromatic rings. The smallest absolute Gasteiger partial charge is 0.0767 e. The van der Waals surface area contributed by atoms with Crippen molar-refractivity contribution in [2.75, 3.05) is 39.3 Å². The van der Waals surface area contributed by atoms with Crippen molar-refractivity contribution in [3.8, 4) is 0 Å². The summed E-state index contributed by atoms with van der Waals surface area (Å²) in [5.41, 5.74) is 6.16. The number of hydrogen-bond donors (Lipinski definition) is 1. The molecule has 1 aliphatic carbocycles. The van der Waals surface area contributed by atoms with Gasteiger partial charge in [-0.05, 0) is 44.9 Å². The number of nitrogens with zero attached hydrogens (tertiary/aromatic N) is 1. The summed E-state index contributed by atoms with van der Waals surface area (Å²) in [6, 6.07) is 0. The average molecular weight is 260 g/mol. The Balaban J connectivity index is 2.63. The first-order chi connectivity index (χ1) is 8.21. The number of thioether (sulfide) groups is 1. The molecular weight excluding hydrogens is 232 g/mol. The summed E-state index contributed by atoms with van der Waals surface area (Å²) in [5, 5.41) is 0. The van der Waals surface area contributed by atoms with E-state index in [1.807, 2.05) is 18.9 Å². The lowest BCUT2D eigenvalue weighted by atomic mass is 9.77. The molecule has 1 rings (SSSR count). The zero-order valence-corrected chi connectivity index (χ0v) is 12.4. The van der Waals surface area contributed by atoms with E-state index in [1.54, 1.807) is 0 Å². The predicted molar refractivity (Wildman–Crippen MR) is 76.7 cm³/mol. The number of hydrogen-bond acceptors (Lipinski definition) is 4. The second-order valence-corrected chi connectivity index (χ2v) is 6.03. The summed E-state index contributed by atoms with van der Waals surface area (Å²) >= 11 is 1.91. The number of nitrogens with two attached hydrogens (primary N) is 1. The van der Waals surface area contributed by atoms with Gasteiger partial charge in [0.2, 0.25) is 0 Å². The first-order valence-electron chi connectivity index (χ1n) is 6.64. The highest BCUT2D eigenvalue weighted by molar-refractivity contribution is 7.98. The molecule has 0 radical (unpaired) electrons. The summed E-state index contributed by atoms with van der Waals surface area (Å²) in [6.45, 7) is 1.83. The van der Waals surface area contributed by atoms with Gasteiger partial charge >= 0.3 is 0 Å². The fourth-order valence-corrected chi connectivity index (χ4v) is 3.44. The van der Waals surface area contributed by atoms with E-state index in [4.69, 9.17) is 10.5 Å². The molecule has 2 unspecified atom stereocenters. The van der Waals surface area contributed by atoms with Crippen molar-refractivity contribution >= 4 is 11.8 Å². The van der Waals surface area contributed by atoms with Gasteiger partial charge < -0.3 is 10.5 Å². The minimum atomic E-state index is 0.0748. The lowest BCUT2D eigenvalue weighted by Gasteiger charge is -2.49. The molecule has 1 fully saturated rings. The normalized spacial score (nSPS) is 29.8. The Morgan fingerprint density at radius 1 is 1.47 bits per heavy atom. The molecule has 2 atom stereocenters. The molecule has 0 saturated heterocycles. The molecule has 1 saturated carbocycles. The highest BCUT2D eigenvalue weighted by Gasteiger charge is 2.42. The van der Waals surface area contributed by atoms with Crippen molar-refractivity contribution < 1.29 is 4.74 Å². The maximum atomic E-state index is 6.08. The molecule has 3 nitrogen and oxygen atoms in total. The van der Waals surface area contributed by atoms with Crippen molar-refractivity contribution in [1.82, 2.24) is 4.90 Å². The minimum absolute atomic E-state index is 0.0748. The third-order valence-electron chi connectivity index (χ3n) is 4.17. The second kappa shape index (κ2) is 7.62. The summed E-state index contributed by atoms with van der Waals surface area (Å²) in [4.78, 5) is 2.45. The first kappa shape index (κ1) is 15.3. The van der Waals surface area contributed by atoms with Gasteiger partial charge in [-0.3, -0.25) is 4.90 Å². The van der Waals surface area contributed by atoms with Gasteiger partial charge in [-0.25, -0.2) is 0 Å². The van der Waals surface area contributed by atoms with Crippen LogP contribution >= 0.6 is 11.8 Å². The molecule has 0 amide bonds. The maximum Gasteiger partial charge on any atom is 0.0767 e. The van der Waals surface area contributed by atoms with Crippen LogP contribution in [0.25, 0.3) is 0 Å². The van der Waals surface area contributed by atoms with Gasteiger partial charge in [0, 0.05) is 13.7 Å². The van der Waals surface area contributed by atoms with Crippen molar-refractivity contribution in [1.29, 1.82) is 0 Å². The van der Waals surface area contributed by atoms with Crippen LogP contribution < -0.4 is 5.73 Å². The minimum Gasteiger partial charge on any atom is -0.379 e. The zero-order chi connectivity index (χ0) is 12.7. The van der Waals surface area contributed by atoms with Crippen LogP contribution in [0.1, 0.15) is 32.1 Å². The molecule has 0 heterocycles. The number of likely N-dealkylation sites (N-methyl/N-ethyl adjacent to an activating group) is 1. The molecule has 0 aliphatic heterocycles. The first-order valence-corrected chi connectivity index (χ1v) is 8.03. The van der Waals surface area contributed by atoms with E-state index >= 15 is 0 Å². The Bertz CT molecular complexity index is 216. The van der Waals surface area contributed by atoms with Gasteiger partial charge in [-0.15, -0.1) is 0 Å². The van der Waals surface area contributed by atoms with E-state index in [0.717, 1.165) is 13.0 Å². The maximum absolute atomic E-state index is 6.08. The van der Waals surface area contributed by atoms with Gasteiger partial charge in [0.05, 0.1) is 11.6 Å². The summed E-state index contributed by atoms with van der Waals surface area (Å²) in [5.74, 6) is 1.22.